The lowest BCUT2D eigenvalue weighted by molar-refractivity contribution is 0.249. The number of rotatable bonds is 3. The van der Waals surface area contributed by atoms with Crippen molar-refractivity contribution in [1.29, 1.82) is 5.26 Å². The standard InChI is InChI=1S/C17H17N5S/c18-11-15-14(13-22-5-2-1-3-16(15)22)12-20-6-8-21(9-7-20)17-19-4-10-23-17/h1-5,10,13H,6-9,12H2. The summed E-state index contributed by atoms with van der Waals surface area (Å²) in [5.74, 6) is 0. The summed E-state index contributed by atoms with van der Waals surface area (Å²) < 4.78 is 2.04. The number of hydrogen-bond acceptors (Lipinski definition) is 5. The number of aromatic nitrogens is 2. The molecule has 1 fully saturated rings. The molecule has 4 rings (SSSR count). The fourth-order valence-corrected chi connectivity index (χ4v) is 3.83. The molecule has 4 heterocycles. The highest BCUT2D eigenvalue weighted by Crippen LogP contribution is 2.22. The molecule has 1 aliphatic rings. The van der Waals surface area contributed by atoms with Gasteiger partial charge >= 0.3 is 0 Å². The van der Waals surface area contributed by atoms with E-state index >= 15 is 0 Å². The lowest BCUT2D eigenvalue weighted by atomic mass is 10.1. The van der Waals surface area contributed by atoms with Crippen LogP contribution in [0, 0.1) is 11.3 Å². The van der Waals surface area contributed by atoms with Crippen molar-refractivity contribution in [2.45, 2.75) is 6.54 Å². The van der Waals surface area contributed by atoms with Crippen LogP contribution in [0.3, 0.4) is 0 Å². The van der Waals surface area contributed by atoms with Crippen LogP contribution in [0.15, 0.2) is 42.2 Å². The lowest BCUT2D eigenvalue weighted by Gasteiger charge is -2.34. The van der Waals surface area contributed by atoms with Crippen LogP contribution in [-0.4, -0.2) is 40.5 Å². The molecular formula is C17H17N5S. The molecule has 116 valence electrons. The van der Waals surface area contributed by atoms with Crippen LogP contribution in [-0.2, 0) is 6.54 Å². The number of hydrogen-bond donors (Lipinski definition) is 0. The summed E-state index contributed by atoms with van der Waals surface area (Å²) in [7, 11) is 0. The van der Waals surface area contributed by atoms with Crippen molar-refractivity contribution in [2.24, 2.45) is 0 Å². The molecule has 0 radical (unpaired) electrons. The summed E-state index contributed by atoms with van der Waals surface area (Å²) in [6, 6.07) is 8.35. The maximum Gasteiger partial charge on any atom is 0.185 e. The van der Waals surface area contributed by atoms with E-state index in [0.717, 1.165) is 54.5 Å². The first-order valence-corrected chi connectivity index (χ1v) is 8.58. The van der Waals surface area contributed by atoms with Crippen LogP contribution in [0.1, 0.15) is 11.1 Å². The summed E-state index contributed by atoms with van der Waals surface area (Å²) in [5, 5.41) is 12.6. The van der Waals surface area contributed by atoms with E-state index in [1.165, 1.54) is 0 Å². The predicted octanol–water partition coefficient (Wildman–Crippen LogP) is 2.59. The number of anilines is 1. The van der Waals surface area contributed by atoms with Gasteiger partial charge in [-0.2, -0.15) is 5.26 Å². The molecule has 0 amide bonds. The zero-order chi connectivity index (χ0) is 15.6. The van der Waals surface area contributed by atoms with Crippen molar-refractivity contribution in [1.82, 2.24) is 14.3 Å². The minimum Gasteiger partial charge on any atom is -0.346 e. The van der Waals surface area contributed by atoms with Crippen molar-refractivity contribution in [3.63, 3.8) is 0 Å². The fourth-order valence-electron chi connectivity index (χ4n) is 3.14. The van der Waals surface area contributed by atoms with E-state index in [-0.39, 0.29) is 0 Å². The summed E-state index contributed by atoms with van der Waals surface area (Å²) in [5.41, 5.74) is 2.90. The normalized spacial score (nSPS) is 15.9. The van der Waals surface area contributed by atoms with E-state index in [4.69, 9.17) is 0 Å². The van der Waals surface area contributed by atoms with Gasteiger partial charge in [0.2, 0.25) is 0 Å². The Labute approximate surface area is 139 Å². The molecule has 0 aliphatic carbocycles. The van der Waals surface area contributed by atoms with Gasteiger partial charge in [0, 0.05) is 62.3 Å². The van der Waals surface area contributed by atoms with Crippen molar-refractivity contribution < 1.29 is 0 Å². The first-order chi connectivity index (χ1) is 11.3. The Morgan fingerprint density at radius 1 is 1.22 bits per heavy atom. The molecule has 0 saturated carbocycles. The number of fused-ring (bicyclic) bond motifs is 1. The van der Waals surface area contributed by atoms with Crippen LogP contribution in [0.5, 0.6) is 0 Å². The zero-order valence-electron chi connectivity index (χ0n) is 12.7. The molecule has 0 atom stereocenters. The fraction of sp³-hybridized carbons (Fsp3) is 0.294. The smallest absolute Gasteiger partial charge is 0.185 e. The number of piperazine rings is 1. The minimum absolute atomic E-state index is 0.799. The highest BCUT2D eigenvalue weighted by molar-refractivity contribution is 7.13. The van der Waals surface area contributed by atoms with E-state index in [1.807, 2.05) is 40.4 Å². The molecule has 0 N–H and O–H groups in total. The molecule has 0 unspecified atom stereocenters. The Kier molecular flexibility index (Phi) is 3.74. The van der Waals surface area contributed by atoms with Gasteiger partial charge in [0.1, 0.15) is 6.07 Å². The van der Waals surface area contributed by atoms with Gasteiger partial charge in [0.25, 0.3) is 0 Å². The van der Waals surface area contributed by atoms with Gasteiger partial charge < -0.3 is 9.30 Å². The molecule has 5 nitrogen and oxygen atoms in total. The Balaban J connectivity index is 1.48. The molecule has 23 heavy (non-hydrogen) atoms. The van der Waals surface area contributed by atoms with Crippen LogP contribution < -0.4 is 4.90 Å². The van der Waals surface area contributed by atoms with E-state index in [2.05, 4.69) is 27.0 Å². The van der Waals surface area contributed by atoms with E-state index in [9.17, 15) is 5.26 Å². The largest absolute Gasteiger partial charge is 0.346 e. The molecule has 3 aromatic heterocycles. The maximum absolute atomic E-state index is 9.50. The highest BCUT2D eigenvalue weighted by atomic mass is 32.1. The van der Waals surface area contributed by atoms with Gasteiger partial charge in [-0.15, -0.1) is 11.3 Å². The third kappa shape index (κ3) is 2.69. The molecule has 1 aliphatic heterocycles. The number of pyridine rings is 1. The predicted molar refractivity (Wildman–Crippen MR) is 91.7 cm³/mol. The van der Waals surface area contributed by atoms with E-state index in [1.54, 1.807) is 11.3 Å². The minimum atomic E-state index is 0.799. The van der Waals surface area contributed by atoms with Crippen LogP contribution in [0.25, 0.3) is 5.52 Å². The summed E-state index contributed by atoms with van der Waals surface area (Å²) >= 11 is 1.69. The van der Waals surface area contributed by atoms with Crippen LogP contribution in [0.2, 0.25) is 0 Å². The van der Waals surface area contributed by atoms with Crippen molar-refractivity contribution in [3.05, 3.63) is 53.3 Å². The molecule has 3 aromatic rings. The molecule has 0 bridgehead atoms. The van der Waals surface area contributed by atoms with Crippen molar-refractivity contribution in [3.8, 4) is 6.07 Å². The topological polar surface area (TPSA) is 47.6 Å². The molecular weight excluding hydrogens is 306 g/mol. The number of nitriles is 1. The average molecular weight is 323 g/mol. The Bertz CT molecular complexity index is 838. The van der Waals surface area contributed by atoms with Gasteiger partial charge in [0.15, 0.2) is 5.13 Å². The second kappa shape index (κ2) is 6.03. The molecule has 1 saturated heterocycles. The lowest BCUT2D eigenvalue weighted by Crippen LogP contribution is -2.45. The quantitative estimate of drug-likeness (QED) is 0.743. The SMILES string of the molecule is N#Cc1c(CN2CCN(c3nccs3)CC2)cn2ccccc12. The van der Waals surface area contributed by atoms with Gasteiger partial charge in [0.05, 0.1) is 11.1 Å². The number of nitrogens with zero attached hydrogens (tertiary/aromatic N) is 5. The first-order valence-electron chi connectivity index (χ1n) is 7.70. The van der Waals surface area contributed by atoms with Crippen molar-refractivity contribution >= 4 is 22.0 Å². The molecule has 6 heteroatoms. The summed E-state index contributed by atoms with van der Waals surface area (Å²) in [6.07, 6.45) is 5.94. The summed E-state index contributed by atoms with van der Waals surface area (Å²) in [6.45, 7) is 4.80. The Morgan fingerprint density at radius 3 is 2.83 bits per heavy atom. The Hall–Kier alpha value is -2.36. The van der Waals surface area contributed by atoms with Crippen LogP contribution in [0.4, 0.5) is 5.13 Å². The monoisotopic (exact) mass is 323 g/mol. The van der Waals surface area contributed by atoms with Gasteiger partial charge in [-0.05, 0) is 12.1 Å². The van der Waals surface area contributed by atoms with Crippen molar-refractivity contribution in [2.75, 3.05) is 31.1 Å². The van der Waals surface area contributed by atoms with Crippen LogP contribution >= 0.6 is 11.3 Å². The molecule has 0 spiro atoms. The third-order valence-corrected chi connectivity index (χ3v) is 5.16. The first kappa shape index (κ1) is 14.2. The second-order valence-corrected chi connectivity index (χ2v) is 6.59. The second-order valence-electron chi connectivity index (χ2n) is 5.71. The Morgan fingerprint density at radius 2 is 2.09 bits per heavy atom. The summed E-state index contributed by atoms with van der Waals surface area (Å²) in [4.78, 5) is 9.14. The number of thiazole rings is 1. The van der Waals surface area contributed by atoms with Gasteiger partial charge in [-0.1, -0.05) is 6.07 Å². The average Bonchev–Trinajstić information content (AvgIpc) is 3.23. The highest BCUT2D eigenvalue weighted by Gasteiger charge is 2.20. The molecule has 0 aromatic carbocycles. The van der Waals surface area contributed by atoms with E-state index < -0.39 is 0 Å². The zero-order valence-corrected chi connectivity index (χ0v) is 13.5. The maximum atomic E-state index is 9.50. The van der Waals surface area contributed by atoms with Gasteiger partial charge in [-0.3, -0.25) is 4.90 Å². The van der Waals surface area contributed by atoms with E-state index in [0.29, 0.717) is 0 Å². The third-order valence-electron chi connectivity index (χ3n) is 4.33. The van der Waals surface area contributed by atoms with Gasteiger partial charge in [-0.25, -0.2) is 4.98 Å².